The van der Waals surface area contributed by atoms with Gasteiger partial charge < -0.3 is 15.4 Å². The number of hydrogen-bond donors (Lipinski definition) is 2. The van der Waals surface area contributed by atoms with Crippen LogP contribution in [0.25, 0.3) is 0 Å². The zero-order chi connectivity index (χ0) is 16.9. The molecule has 1 saturated heterocycles. The quantitative estimate of drug-likeness (QED) is 0.778. The maximum atomic E-state index is 12.3. The van der Waals surface area contributed by atoms with E-state index < -0.39 is 10.0 Å². The number of amides is 2. The summed E-state index contributed by atoms with van der Waals surface area (Å²) in [5.41, 5.74) is 0. The maximum Gasteiger partial charge on any atom is 0.315 e. The summed E-state index contributed by atoms with van der Waals surface area (Å²) in [6.07, 6.45) is 5.34. The van der Waals surface area contributed by atoms with Crippen LogP contribution in [0.15, 0.2) is 0 Å². The summed E-state index contributed by atoms with van der Waals surface area (Å²) in [5.74, 6) is -0.0788. The van der Waals surface area contributed by atoms with Crippen molar-refractivity contribution in [3.8, 4) is 0 Å². The van der Waals surface area contributed by atoms with Crippen molar-refractivity contribution >= 4 is 16.1 Å². The normalized spacial score (nSPS) is 27.6. The summed E-state index contributed by atoms with van der Waals surface area (Å²) in [6, 6.07) is -0.0443. The average Bonchev–Trinajstić information content (AvgIpc) is 2.47. The Morgan fingerprint density at radius 2 is 1.74 bits per heavy atom. The molecule has 2 fully saturated rings. The third kappa shape index (κ3) is 5.93. The first kappa shape index (κ1) is 18.5. The highest BCUT2D eigenvalue weighted by Crippen LogP contribution is 2.17. The van der Waals surface area contributed by atoms with Gasteiger partial charge in [0.25, 0.3) is 0 Å². The van der Waals surface area contributed by atoms with Gasteiger partial charge >= 0.3 is 6.03 Å². The van der Waals surface area contributed by atoms with Crippen molar-refractivity contribution in [3.63, 3.8) is 0 Å². The van der Waals surface area contributed by atoms with Gasteiger partial charge in [0.2, 0.25) is 10.0 Å². The number of nitrogens with one attached hydrogen (secondary N) is 2. The van der Waals surface area contributed by atoms with Crippen LogP contribution in [0.3, 0.4) is 0 Å². The number of carbonyl (C=O) groups excluding carboxylic acids is 1. The maximum absolute atomic E-state index is 12.3. The van der Waals surface area contributed by atoms with Gasteiger partial charge in [-0.1, -0.05) is 19.3 Å². The molecule has 2 amide bonds. The second-order valence-electron chi connectivity index (χ2n) is 6.63. The lowest BCUT2D eigenvalue weighted by atomic mass is 9.96. The molecular weight excluding hydrogens is 318 g/mol. The highest BCUT2D eigenvalue weighted by atomic mass is 32.2. The van der Waals surface area contributed by atoms with Crippen molar-refractivity contribution in [1.82, 2.24) is 14.9 Å². The number of hydrogen-bond acceptors (Lipinski definition) is 4. The molecule has 0 spiro atoms. The number of carbonyl (C=O) groups is 1. The van der Waals surface area contributed by atoms with Gasteiger partial charge in [0.1, 0.15) is 0 Å². The first-order chi connectivity index (χ1) is 10.9. The smallest absolute Gasteiger partial charge is 0.315 e. The minimum atomic E-state index is -3.37. The van der Waals surface area contributed by atoms with E-state index in [4.69, 9.17) is 4.74 Å². The number of rotatable bonds is 5. The van der Waals surface area contributed by atoms with Crippen molar-refractivity contribution in [2.45, 2.75) is 64.2 Å². The Morgan fingerprint density at radius 3 is 2.35 bits per heavy atom. The van der Waals surface area contributed by atoms with Crippen LogP contribution in [0, 0.1) is 0 Å². The van der Waals surface area contributed by atoms with Crippen LogP contribution in [0.2, 0.25) is 0 Å². The molecule has 134 valence electrons. The first-order valence-electron chi connectivity index (χ1n) is 8.54. The van der Waals surface area contributed by atoms with E-state index in [-0.39, 0.29) is 36.6 Å². The predicted octanol–water partition coefficient (Wildman–Crippen LogP) is 1.06. The molecule has 0 radical (unpaired) electrons. The highest BCUT2D eigenvalue weighted by Gasteiger charge is 2.30. The van der Waals surface area contributed by atoms with Crippen LogP contribution in [0.1, 0.15) is 46.0 Å². The van der Waals surface area contributed by atoms with E-state index in [0.717, 1.165) is 25.7 Å². The molecule has 2 rings (SSSR count). The zero-order valence-electron chi connectivity index (χ0n) is 14.1. The Morgan fingerprint density at radius 1 is 1.13 bits per heavy atom. The Balaban J connectivity index is 1.72. The second kappa shape index (κ2) is 8.30. The molecule has 2 unspecified atom stereocenters. The molecule has 1 aliphatic carbocycles. The van der Waals surface area contributed by atoms with Crippen molar-refractivity contribution in [1.29, 1.82) is 0 Å². The van der Waals surface area contributed by atoms with E-state index in [2.05, 4.69) is 10.6 Å². The summed E-state index contributed by atoms with van der Waals surface area (Å²) in [5, 5.41) is 5.58. The summed E-state index contributed by atoms with van der Waals surface area (Å²) in [4.78, 5) is 11.8. The molecule has 1 saturated carbocycles. The largest absolute Gasteiger partial charge is 0.373 e. The van der Waals surface area contributed by atoms with Crippen molar-refractivity contribution < 1.29 is 17.9 Å². The van der Waals surface area contributed by atoms with E-state index >= 15 is 0 Å². The van der Waals surface area contributed by atoms with E-state index in [0.29, 0.717) is 13.1 Å². The second-order valence-corrected chi connectivity index (χ2v) is 8.71. The Hall–Kier alpha value is -0.860. The van der Waals surface area contributed by atoms with Crippen molar-refractivity contribution in [3.05, 3.63) is 0 Å². The molecule has 2 atom stereocenters. The van der Waals surface area contributed by atoms with Crippen molar-refractivity contribution in [2.24, 2.45) is 0 Å². The molecular formula is C15H29N3O4S. The molecule has 1 aliphatic heterocycles. The van der Waals surface area contributed by atoms with Crippen LogP contribution in [0.4, 0.5) is 4.79 Å². The van der Waals surface area contributed by atoms with E-state index in [9.17, 15) is 13.2 Å². The van der Waals surface area contributed by atoms with Gasteiger partial charge in [0.15, 0.2) is 0 Å². The molecule has 2 aliphatic rings. The lowest BCUT2D eigenvalue weighted by molar-refractivity contribution is -0.0440. The lowest BCUT2D eigenvalue weighted by Crippen LogP contribution is -2.50. The number of ether oxygens (including phenoxy) is 1. The first-order valence-corrected chi connectivity index (χ1v) is 10.2. The summed E-state index contributed by atoms with van der Waals surface area (Å²) < 4.78 is 31.7. The average molecular weight is 347 g/mol. The lowest BCUT2D eigenvalue weighted by Gasteiger charge is -2.34. The van der Waals surface area contributed by atoms with E-state index in [1.165, 1.54) is 10.7 Å². The van der Waals surface area contributed by atoms with E-state index in [1.807, 2.05) is 13.8 Å². The van der Waals surface area contributed by atoms with Gasteiger partial charge in [-0.3, -0.25) is 0 Å². The SMILES string of the molecule is CC1CN(S(=O)(=O)CCNC(=O)NC2CCCCC2)CC(C)O1. The van der Waals surface area contributed by atoms with Gasteiger partial charge in [0.05, 0.1) is 18.0 Å². The number of morpholine rings is 1. The van der Waals surface area contributed by atoms with Crippen LogP contribution in [-0.4, -0.2) is 62.4 Å². The Kier molecular flexibility index (Phi) is 6.67. The fraction of sp³-hybridized carbons (Fsp3) is 0.933. The molecule has 0 aromatic heterocycles. The van der Waals surface area contributed by atoms with Crippen LogP contribution in [-0.2, 0) is 14.8 Å². The Labute approximate surface area is 139 Å². The standard InChI is InChI=1S/C15H29N3O4S/c1-12-10-18(11-13(2)22-12)23(20,21)9-8-16-15(19)17-14-6-4-3-5-7-14/h12-14H,3-11H2,1-2H3,(H2,16,17,19). The van der Waals surface area contributed by atoms with Crippen LogP contribution in [0.5, 0.6) is 0 Å². The minimum absolute atomic E-state index is 0.0788. The van der Waals surface area contributed by atoms with Gasteiger partial charge in [-0.05, 0) is 26.7 Å². The molecule has 23 heavy (non-hydrogen) atoms. The molecule has 0 aromatic rings. The third-order valence-corrected chi connectivity index (χ3v) is 6.17. The topological polar surface area (TPSA) is 87.7 Å². The van der Waals surface area contributed by atoms with Crippen molar-refractivity contribution in [2.75, 3.05) is 25.4 Å². The summed E-state index contributed by atoms with van der Waals surface area (Å²) in [7, 11) is -3.37. The number of nitrogens with zero attached hydrogens (tertiary/aromatic N) is 1. The number of sulfonamides is 1. The molecule has 2 N–H and O–H groups in total. The summed E-state index contributed by atoms with van der Waals surface area (Å²) in [6.45, 7) is 4.62. The number of urea groups is 1. The van der Waals surface area contributed by atoms with Gasteiger partial charge in [0, 0.05) is 25.7 Å². The molecule has 0 aromatic carbocycles. The highest BCUT2D eigenvalue weighted by molar-refractivity contribution is 7.89. The Bertz CT molecular complexity index is 481. The summed E-state index contributed by atoms with van der Waals surface area (Å²) >= 11 is 0. The van der Waals surface area contributed by atoms with Crippen LogP contribution < -0.4 is 10.6 Å². The minimum Gasteiger partial charge on any atom is -0.373 e. The fourth-order valence-corrected chi connectivity index (χ4v) is 4.76. The van der Waals surface area contributed by atoms with Crippen LogP contribution >= 0.6 is 0 Å². The predicted molar refractivity (Wildman–Crippen MR) is 88.8 cm³/mol. The molecule has 0 bridgehead atoms. The van der Waals surface area contributed by atoms with Gasteiger partial charge in [-0.25, -0.2) is 13.2 Å². The monoisotopic (exact) mass is 347 g/mol. The fourth-order valence-electron chi connectivity index (χ4n) is 3.26. The van der Waals surface area contributed by atoms with E-state index in [1.54, 1.807) is 0 Å². The third-order valence-electron chi connectivity index (χ3n) is 4.37. The molecule has 7 nitrogen and oxygen atoms in total. The zero-order valence-corrected chi connectivity index (χ0v) is 14.9. The van der Waals surface area contributed by atoms with Gasteiger partial charge in [-0.2, -0.15) is 4.31 Å². The molecule has 1 heterocycles. The van der Waals surface area contributed by atoms with Gasteiger partial charge in [-0.15, -0.1) is 0 Å². The molecule has 8 heteroatoms.